The van der Waals surface area contributed by atoms with Gasteiger partial charge in [0, 0.05) is 12.2 Å². The molecular weight excluding hydrogens is 266 g/mol. The third-order valence-electron chi connectivity index (χ3n) is 4.00. The lowest BCUT2D eigenvalue weighted by molar-refractivity contribution is -0.125. The van der Waals surface area contributed by atoms with Crippen molar-refractivity contribution in [2.45, 2.75) is 26.7 Å². The Balaban J connectivity index is 2.11. The van der Waals surface area contributed by atoms with E-state index in [9.17, 15) is 4.79 Å². The maximum absolute atomic E-state index is 12.4. The average Bonchev–Trinajstić information content (AvgIpc) is 3.05. The van der Waals surface area contributed by atoms with E-state index in [0.717, 1.165) is 24.2 Å². The quantitative estimate of drug-likeness (QED) is 0.850. The van der Waals surface area contributed by atoms with Gasteiger partial charge in [0.05, 0.1) is 23.5 Å². The van der Waals surface area contributed by atoms with Crippen LogP contribution in [0, 0.1) is 5.41 Å². The largest absolute Gasteiger partial charge is 0.329 e. The van der Waals surface area contributed by atoms with Crippen LogP contribution < -0.4 is 11.1 Å². The van der Waals surface area contributed by atoms with Crippen molar-refractivity contribution in [3.63, 3.8) is 0 Å². The zero-order valence-corrected chi connectivity index (χ0v) is 12.4. The van der Waals surface area contributed by atoms with Gasteiger partial charge in [0.25, 0.3) is 0 Å². The molecule has 21 heavy (non-hydrogen) atoms. The average molecular weight is 287 g/mol. The van der Waals surface area contributed by atoms with Gasteiger partial charge in [-0.2, -0.15) is 15.0 Å². The number of carbonyl (C=O) groups excluding carboxylic acids is 1. The first-order chi connectivity index (χ1) is 10.1. The molecule has 1 amide bonds. The number of amides is 1. The molecule has 0 atom stereocenters. The highest BCUT2D eigenvalue weighted by Gasteiger charge is 2.33. The summed E-state index contributed by atoms with van der Waals surface area (Å²) in [4.78, 5) is 13.9. The minimum atomic E-state index is -0.498. The van der Waals surface area contributed by atoms with Crippen LogP contribution in [0.4, 0.5) is 5.69 Å². The van der Waals surface area contributed by atoms with Crippen LogP contribution in [0.3, 0.4) is 0 Å². The molecule has 0 fully saturated rings. The van der Waals surface area contributed by atoms with Crippen molar-refractivity contribution >= 4 is 11.6 Å². The van der Waals surface area contributed by atoms with Crippen LogP contribution >= 0.6 is 0 Å². The Kier molecular flexibility index (Phi) is 4.70. The highest BCUT2D eigenvalue weighted by Crippen LogP contribution is 2.27. The van der Waals surface area contributed by atoms with E-state index in [-0.39, 0.29) is 5.91 Å². The number of carbonyl (C=O) groups is 1. The number of hydrogen-bond donors (Lipinski definition) is 2. The summed E-state index contributed by atoms with van der Waals surface area (Å²) in [6.45, 7) is 4.33. The van der Waals surface area contributed by atoms with Crippen molar-refractivity contribution in [2.24, 2.45) is 11.1 Å². The third-order valence-corrected chi connectivity index (χ3v) is 4.00. The lowest BCUT2D eigenvalue weighted by atomic mass is 9.81. The molecular formula is C15H21N5O. The van der Waals surface area contributed by atoms with Crippen LogP contribution in [0.25, 0.3) is 5.69 Å². The van der Waals surface area contributed by atoms with E-state index < -0.39 is 5.41 Å². The van der Waals surface area contributed by atoms with E-state index in [2.05, 4.69) is 15.5 Å². The van der Waals surface area contributed by atoms with Gasteiger partial charge in [-0.3, -0.25) is 4.79 Å². The highest BCUT2D eigenvalue weighted by molar-refractivity contribution is 5.95. The Bertz CT molecular complexity index is 564. The fourth-order valence-electron chi connectivity index (χ4n) is 2.24. The summed E-state index contributed by atoms with van der Waals surface area (Å²) in [5, 5.41) is 11.1. The Labute approximate surface area is 124 Å². The monoisotopic (exact) mass is 287 g/mol. The first-order valence-corrected chi connectivity index (χ1v) is 7.13. The summed E-state index contributed by atoms with van der Waals surface area (Å²) in [7, 11) is 0. The van der Waals surface area contributed by atoms with E-state index >= 15 is 0 Å². The maximum Gasteiger partial charge on any atom is 0.231 e. The minimum absolute atomic E-state index is 0.0278. The second-order valence-corrected chi connectivity index (χ2v) is 5.01. The van der Waals surface area contributed by atoms with Crippen molar-refractivity contribution in [1.82, 2.24) is 15.0 Å². The standard InChI is InChI=1S/C15H21N5O/c1-3-15(4-2,11-16)14(21)19-12-5-7-13(8-6-12)20-17-9-10-18-20/h5-10H,3-4,11,16H2,1-2H3,(H,19,21). The lowest BCUT2D eigenvalue weighted by Crippen LogP contribution is -2.41. The molecule has 1 aromatic heterocycles. The number of nitrogens with zero attached hydrogens (tertiary/aromatic N) is 3. The summed E-state index contributed by atoms with van der Waals surface area (Å²) in [5.74, 6) is -0.0278. The third kappa shape index (κ3) is 3.11. The van der Waals surface area contributed by atoms with Gasteiger partial charge in [0.1, 0.15) is 0 Å². The van der Waals surface area contributed by atoms with Crippen molar-refractivity contribution < 1.29 is 4.79 Å². The molecule has 2 aromatic rings. The van der Waals surface area contributed by atoms with Crippen LogP contribution in [0.1, 0.15) is 26.7 Å². The van der Waals surface area contributed by atoms with Crippen molar-refractivity contribution in [3.8, 4) is 5.69 Å². The SMILES string of the molecule is CCC(CC)(CN)C(=O)Nc1ccc(-n2nccn2)cc1. The van der Waals surface area contributed by atoms with E-state index in [1.807, 2.05) is 38.1 Å². The molecule has 0 aliphatic carbocycles. The fourth-order valence-corrected chi connectivity index (χ4v) is 2.24. The summed E-state index contributed by atoms with van der Waals surface area (Å²) < 4.78 is 0. The topological polar surface area (TPSA) is 85.8 Å². The van der Waals surface area contributed by atoms with Gasteiger partial charge in [0.2, 0.25) is 5.91 Å². The molecule has 0 unspecified atom stereocenters. The zero-order valence-electron chi connectivity index (χ0n) is 12.4. The van der Waals surface area contributed by atoms with Crippen LogP contribution in [0.15, 0.2) is 36.7 Å². The normalized spacial score (nSPS) is 11.4. The van der Waals surface area contributed by atoms with E-state index in [4.69, 9.17) is 5.73 Å². The van der Waals surface area contributed by atoms with E-state index in [1.165, 1.54) is 4.80 Å². The van der Waals surface area contributed by atoms with Gasteiger partial charge in [-0.15, -0.1) is 0 Å². The molecule has 0 bridgehead atoms. The predicted octanol–water partition coefficient (Wildman–Crippen LogP) is 1.97. The number of rotatable bonds is 6. The van der Waals surface area contributed by atoms with Gasteiger partial charge in [-0.05, 0) is 37.1 Å². The Morgan fingerprint density at radius 1 is 1.19 bits per heavy atom. The molecule has 0 saturated heterocycles. The Morgan fingerprint density at radius 3 is 2.24 bits per heavy atom. The molecule has 0 aliphatic rings. The smallest absolute Gasteiger partial charge is 0.231 e. The number of anilines is 1. The minimum Gasteiger partial charge on any atom is -0.329 e. The summed E-state index contributed by atoms with van der Waals surface area (Å²) in [6, 6.07) is 7.39. The van der Waals surface area contributed by atoms with Crippen molar-refractivity contribution in [3.05, 3.63) is 36.7 Å². The first kappa shape index (κ1) is 15.2. The lowest BCUT2D eigenvalue weighted by Gasteiger charge is -2.28. The molecule has 0 spiro atoms. The molecule has 6 nitrogen and oxygen atoms in total. The van der Waals surface area contributed by atoms with E-state index in [1.54, 1.807) is 12.4 Å². The Morgan fingerprint density at radius 2 is 1.76 bits per heavy atom. The summed E-state index contributed by atoms with van der Waals surface area (Å²) in [5.41, 5.74) is 6.88. The molecule has 0 aliphatic heterocycles. The molecule has 1 heterocycles. The number of hydrogen-bond acceptors (Lipinski definition) is 4. The molecule has 3 N–H and O–H groups in total. The van der Waals surface area contributed by atoms with Gasteiger partial charge < -0.3 is 11.1 Å². The molecule has 1 aromatic carbocycles. The molecule has 2 rings (SSSR count). The number of aromatic nitrogens is 3. The van der Waals surface area contributed by atoms with Gasteiger partial charge in [-0.1, -0.05) is 13.8 Å². The second kappa shape index (κ2) is 6.49. The maximum atomic E-state index is 12.4. The fraction of sp³-hybridized carbons (Fsp3) is 0.400. The van der Waals surface area contributed by atoms with Crippen LogP contribution in [0.2, 0.25) is 0 Å². The van der Waals surface area contributed by atoms with Gasteiger partial charge in [0.15, 0.2) is 0 Å². The molecule has 0 radical (unpaired) electrons. The summed E-state index contributed by atoms with van der Waals surface area (Å²) >= 11 is 0. The van der Waals surface area contributed by atoms with Crippen LogP contribution in [-0.4, -0.2) is 27.4 Å². The van der Waals surface area contributed by atoms with Crippen LogP contribution in [-0.2, 0) is 4.79 Å². The Hall–Kier alpha value is -2.21. The van der Waals surface area contributed by atoms with Crippen LogP contribution in [0.5, 0.6) is 0 Å². The summed E-state index contributed by atoms with van der Waals surface area (Å²) in [6.07, 6.45) is 4.68. The molecule has 0 saturated carbocycles. The molecule has 6 heteroatoms. The van der Waals surface area contributed by atoms with Crippen molar-refractivity contribution in [1.29, 1.82) is 0 Å². The van der Waals surface area contributed by atoms with Gasteiger partial charge in [-0.25, -0.2) is 0 Å². The number of nitrogens with two attached hydrogens (primary N) is 1. The number of nitrogens with one attached hydrogen (secondary N) is 1. The number of benzene rings is 1. The first-order valence-electron chi connectivity index (χ1n) is 7.13. The zero-order chi connectivity index (χ0) is 15.3. The second-order valence-electron chi connectivity index (χ2n) is 5.01. The molecule has 112 valence electrons. The predicted molar refractivity (Wildman–Crippen MR) is 82.1 cm³/mol. The van der Waals surface area contributed by atoms with Crippen molar-refractivity contribution in [2.75, 3.05) is 11.9 Å². The highest BCUT2D eigenvalue weighted by atomic mass is 16.2. The van der Waals surface area contributed by atoms with E-state index in [0.29, 0.717) is 6.54 Å². The van der Waals surface area contributed by atoms with Gasteiger partial charge >= 0.3 is 0 Å².